The lowest BCUT2D eigenvalue weighted by Gasteiger charge is -2.24. The van der Waals surface area contributed by atoms with Gasteiger partial charge in [-0.2, -0.15) is 13.2 Å². The van der Waals surface area contributed by atoms with Gasteiger partial charge in [0, 0.05) is 32.9 Å². The fourth-order valence-corrected chi connectivity index (χ4v) is 2.85. The Bertz CT molecular complexity index is 615. The summed E-state index contributed by atoms with van der Waals surface area (Å²) in [5, 5.41) is 2.64. The number of anilines is 1. The van der Waals surface area contributed by atoms with Crippen LogP contribution < -0.4 is 10.2 Å². The van der Waals surface area contributed by atoms with E-state index in [0.29, 0.717) is 24.3 Å². The Kier molecular flexibility index (Phi) is 5.92. The van der Waals surface area contributed by atoms with E-state index in [1.165, 1.54) is 0 Å². The lowest BCUT2D eigenvalue weighted by molar-refractivity contribution is -0.186. The maximum atomic E-state index is 12.6. The van der Waals surface area contributed by atoms with Crippen molar-refractivity contribution >= 4 is 17.5 Å². The number of benzene rings is 1. The number of likely N-dealkylation sites (tertiary alicyclic amines) is 1. The smallest absolute Gasteiger partial charge is 0.378 e. The molecule has 1 aromatic carbocycles. The highest BCUT2D eigenvalue weighted by atomic mass is 19.4. The number of rotatable bonds is 5. The molecule has 138 valence electrons. The number of carbonyl (C=O) groups is 2. The second kappa shape index (κ2) is 7.76. The summed E-state index contributed by atoms with van der Waals surface area (Å²) >= 11 is 0. The van der Waals surface area contributed by atoms with Crippen LogP contribution in [-0.2, 0) is 16.0 Å². The number of alkyl halides is 3. The highest BCUT2D eigenvalue weighted by molar-refractivity contribution is 5.90. The largest absolute Gasteiger partial charge is 0.471 e. The fraction of sp³-hybridized carbons (Fsp3) is 0.529. The highest BCUT2D eigenvalue weighted by Gasteiger charge is 2.47. The second-order valence-electron chi connectivity index (χ2n) is 6.26. The Morgan fingerprint density at radius 2 is 1.88 bits per heavy atom. The first-order valence-corrected chi connectivity index (χ1v) is 8.12. The van der Waals surface area contributed by atoms with E-state index in [2.05, 4.69) is 5.32 Å². The van der Waals surface area contributed by atoms with Crippen LogP contribution in [0.2, 0.25) is 0 Å². The van der Waals surface area contributed by atoms with Crippen molar-refractivity contribution in [1.29, 1.82) is 0 Å². The van der Waals surface area contributed by atoms with Gasteiger partial charge in [0.2, 0.25) is 5.91 Å². The van der Waals surface area contributed by atoms with Crippen LogP contribution in [0.25, 0.3) is 0 Å². The highest BCUT2D eigenvalue weighted by Crippen LogP contribution is 2.25. The average molecular weight is 357 g/mol. The Morgan fingerprint density at radius 1 is 1.24 bits per heavy atom. The summed E-state index contributed by atoms with van der Waals surface area (Å²) in [6.45, 7) is 0.271. The summed E-state index contributed by atoms with van der Waals surface area (Å²) in [6.07, 6.45) is -3.73. The van der Waals surface area contributed by atoms with E-state index in [-0.39, 0.29) is 13.0 Å². The normalized spacial score (nSPS) is 17.5. The summed E-state index contributed by atoms with van der Waals surface area (Å²) in [5.74, 6) is -2.47. The molecule has 1 fully saturated rings. The Balaban J connectivity index is 1.86. The fourth-order valence-electron chi connectivity index (χ4n) is 2.85. The van der Waals surface area contributed by atoms with Crippen LogP contribution in [-0.4, -0.2) is 56.1 Å². The van der Waals surface area contributed by atoms with Gasteiger partial charge in [0.15, 0.2) is 0 Å². The van der Waals surface area contributed by atoms with Crippen LogP contribution in [0.15, 0.2) is 24.3 Å². The third-order valence-electron chi connectivity index (χ3n) is 4.22. The zero-order chi connectivity index (χ0) is 18.6. The molecule has 0 radical (unpaired) electrons. The Hall–Kier alpha value is -2.25. The molecule has 0 saturated carbocycles. The molecule has 8 heteroatoms. The lowest BCUT2D eigenvalue weighted by Crippen LogP contribution is -2.50. The van der Waals surface area contributed by atoms with E-state index in [1.54, 1.807) is 0 Å². The Morgan fingerprint density at radius 3 is 2.44 bits per heavy atom. The zero-order valence-corrected chi connectivity index (χ0v) is 14.3. The summed E-state index contributed by atoms with van der Waals surface area (Å²) in [7, 11) is 3.87. The molecular formula is C17H22F3N3O2. The van der Waals surface area contributed by atoms with Gasteiger partial charge in [-0.3, -0.25) is 9.59 Å². The number of hydrogen-bond acceptors (Lipinski definition) is 3. The molecule has 0 bridgehead atoms. The minimum Gasteiger partial charge on any atom is -0.378 e. The number of nitrogens with one attached hydrogen (secondary N) is 1. The monoisotopic (exact) mass is 357 g/mol. The molecular weight excluding hydrogens is 335 g/mol. The van der Waals surface area contributed by atoms with Crippen molar-refractivity contribution in [1.82, 2.24) is 10.2 Å². The molecule has 1 unspecified atom stereocenters. The molecule has 1 saturated heterocycles. The van der Waals surface area contributed by atoms with Gasteiger partial charge in [0.25, 0.3) is 0 Å². The van der Waals surface area contributed by atoms with Crippen LogP contribution in [0.3, 0.4) is 0 Å². The molecule has 25 heavy (non-hydrogen) atoms. The van der Waals surface area contributed by atoms with Gasteiger partial charge in [-0.25, -0.2) is 0 Å². The van der Waals surface area contributed by atoms with E-state index in [0.717, 1.165) is 11.3 Å². The zero-order valence-electron chi connectivity index (χ0n) is 14.3. The lowest BCUT2D eigenvalue weighted by atomic mass is 10.1. The molecule has 1 aliphatic rings. The van der Waals surface area contributed by atoms with Crippen LogP contribution in [0.4, 0.5) is 18.9 Å². The number of carbonyl (C=O) groups excluding carboxylic acids is 2. The van der Waals surface area contributed by atoms with E-state index in [4.69, 9.17) is 0 Å². The first-order chi connectivity index (χ1) is 11.7. The standard InChI is InChI=1S/C17H22F3N3O2/c1-22(2)13-7-5-12(6-8-13)9-10-21-15(24)14-4-3-11-23(14)16(25)17(18,19)20/h5-8,14H,3-4,9-11H2,1-2H3,(H,21,24). The van der Waals surface area contributed by atoms with Crippen LogP contribution in [0.1, 0.15) is 18.4 Å². The van der Waals surface area contributed by atoms with Crippen LogP contribution in [0, 0.1) is 0 Å². The molecule has 2 amide bonds. The summed E-state index contributed by atoms with van der Waals surface area (Å²) in [4.78, 5) is 26.1. The number of hydrogen-bond donors (Lipinski definition) is 1. The molecule has 1 N–H and O–H groups in total. The molecule has 1 atom stereocenters. The number of nitrogens with zero attached hydrogens (tertiary/aromatic N) is 2. The van der Waals surface area contributed by atoms with Crippen LogP contribution in [0.5, 0.6) is 0 Å². The summed E-state index contributed by atoms with van der Waals surface area (Å²) in [6, 6.07) is 6.76. The summed E-state index contributed by atoms with van der Waals surface area (Å²) in [5.41, 5.74) is 2.07. The van der Waals surface area contributed by atoms with Crippen molar-refractivity contribution < 1.29 is 22.8 Å². The molecule has 1 aromatic rings. The topological polar surface area (TPSA) is 52.7 Å². The van der Waals surface area contributed by atoms with E-state index in [1.807, 2.05) is 43.3 Å². The third-order valence-corrected chi connectivity index (χ3v) is 4.22. The van der Waals surface area contributed by atoms with Gasteiger partial charge in [0.05, 0.1) is 0 Å². The molecule has 2 rings (SSSR count). The maximum absolute atomic E-state index is 12.6. The van der Waals surface area contributed by atoms with Crippen molar-refractivity contribution in [3.8, 4) is 0 Å². The van der Waals surface area contributed by atoms with Crippen molar-refractivity contribution in [2.75, 3.05) is 32.1 Å². The molecule has 1 heterocycles. The quantitative estimate of drug-likeness (QED) is 0.877. The Labute approximate surface area is 144 Å². The molecule has 0 aliphatic carbocycles. The van der Waals surface area contributed by atoms with Gasteiger partial charge in [-0.05, 0) is 37.0 Å². The number of halogens is 3. The van der Waals surface area contributed by atoms with Gasteiger partial charge >= 0.3 is 12.1 Å². The molecule has 1 aliphatic heterocycles. The second-order valence-corrected chi connectivity index (χ2v) is 6.26. The van der Waals surface area contributed by atoms with Crippen LogP contribution >= 0.6 is 0 Å². The van der Waals surface area contributed by atoms with Gasteiger partial charge in [-0.1, -0.05) is 12.1 Å². The molecule has 0 spiro atoms. The minimum atomic E-state index is -4.95. The van der Waals surface area contributed by atoms with Crippen molar-refractivity contribution in [3.05, 3.63) is 29.8 Å². The minimum absolute atomic E-state index is 0.0393. The summed E-state index contributed by atoms with van der Waals surface area (Å²) < 4.78 is 37.7. The SMILES string of the molecule is CN(C)c1ccc(CCNC(=O)C2CCCN2C(=O)C(F)(F)F)cc1. The third kappa shape index (κ3) is 4.87. The van der Waals surface area contributed by atoms with Gasteiger partial charge < -0.3 is 15.1 Å². The molecule has 5 nitrogen and oxygen atoms in total. The first-order valence-electron chi connectivity index (χ1n) is 8.12. The van der Waals surface area contributed by atoms with Gasteiger partial charge in [0.1, 0.15) is 6.04 Å². The predicted octanol–water partition coefficient (Wildman–Crippen LogP) is 1.96. The average Bonchev–Trinajstić information content (AvgIpc) is 3.03. The van der Waals surface area contributed by atoms with Crippen molar-refractivity contribution in [2.24, 2.45) is 0 Å². The van der Waals surface area contributed by atoms with E-state index >= 15 is 0 Å². The van der Waals surface area contributed by atoms with Crippen molar-refractivity contribution in [3.63, 3.8) is 0 Å². The van der Waals surface area contributed by atoms with Crippen molar-refractivity contribution in [2.45, 2.75) is 31.5 Å². The van der Waals surface area contributed by atoms with E-state index < -0.39 is 24.0 Å². The first kappa shape index (κ1) is 19.1. The number of amides is 2. The van der Waals surface area contributed by atoms with E-state index in [9.17, 15) is 22.8 Å². The molecule has 0 aromatic heterocycles. The maximum Gasteiger partial charge on any atom is 0.471 e. The predicted molar refractivity (Wildman–Crippen MR) is 88.3 cm³/mol. The van der Waals surface area contributed by atoms with Gasteiger partial charge in [-0.15, -0.1) is 0 Å².